The largest absolute Gasteiger partial charge is 0.372 e. The van der Waals surface area contributed by atoms with Crippen LogP contribution in [-0.2, 0) is 4.79 Å². The van der Waals surface area contributed by atoms with Crippen LogP contribution in [0.3, 0.4) is 0 Å². The Bertz CT molecular complexity index is 561. The number of rotatable bonds is 8. The van der Waals surface area contributed by atoms with E-state index in [4.69, 9.17) is 0 Å². The predicted octanol–water partition coefficient (Wildman–Crippen LogP) is 2.70. The lowest BCUT2D eigenvalue weighted by Crippen LogP contribution is -2.46. The third kappa shape index (κ3) is 8.36. The first-order chi connectivity index (χ1) is 12.7. The minimum Gasteiger partial charge on any atom is -0.372 e. The van der Waals surface area contributed by atoms with Crippen molar-refractivity contribution in [3.8, 4) is 0 Å². The van der Waals surface area contributed by atoms with Crippen LogP contribution >= 0.6 is 24.0 Å². The van der Waals surface area contributed by atoms with Crippen molar-refractivity contribution in [2.75, 3.05) is 51.2 Å². The number of carbonyl (C=O) groups is 1. The van der Waals surface area contributed by atoms with Crippen molar-refractivity contribution in [3.63, 3.8) is 0 Å². The number of para-hydroxylation sites is 1. The fourth-order valence-corrected chi connectivity index (χ4v) is 3.22. The molecule has 7 heteroatoms. The van der Waals surface area contributed by atoms with Gasteiger partial charge < -0.3 is 20.4 Å². The number of halogens is 1. The van der Waals surface area contributed by atoms with Crippen molar-refractivity contribution in [1.29, 1.82) is 0 Å². The number of aliphatic imine (C=N–C) groups is 1. The van der Waals surface area contributed by atoms with E-state index in [2.05, 4.69) is 51.7 Å². The second-order valence-electron chi connectivity index (χ2n) is 6.56. The fourth-order valence-electron chi connectivity index (χ4n) is 3.22. The van der Waals surface area contributed by atoms with Crippen molar-refractivity contribution in [2.24, 2.45) is 4.99 Å². The first-order valence-electron chi connectivity index (χ1n) is 9.77. The summed E-state index contributed by atoms with van der Waals surface area (Å²) in [6.45, 7) is 7.05. The zero-order valence-electron chi connectivity index (χ0n) is 16.6. The minimum atomic E-state index is 0. The van der Waals surface area contributed by atoms with Crippen LogP contribution in [0.4, 0.5) is 5.69 Å². The molecule has 27 heavy (non-hydrogen) atoms. The van der Waals surface area contributed by atoms with Crippen molar-refractivity contribution in [1.82, 2.24) is 15.5 Å². The Hall–Kier alpha value is -1.51. The molecule has 0 saturated carbocycles. The van der Waals surface area contributed by atoms with Gasteiger partial charge in [-0.15, -0.1) is 24.0 Å². The second kappa shape index (κ2) is 13.6. The van der Waals surface area contributed by atoms with Crippen LogP contribution in [0.2, 0.25) is 0 Å². The number of piperidine rings is 1. The molecule has 1 saturated heterocycles. The maximum Gasteiger partial charge on any atom is 0.241 e. The number of guanidine groups is 1. The van der Waals surface area contributed by atoms with E-state index in [0.717, 1.165) is 52.0 Å². The highest BCUT2D eigenvalue weighted by molar-refractivity contribution is 14.0. The van der Waals surface area contributed by atoms with Gasteiger partial charge in [0.15, 0.2) is 5.96 Å². The molecule has 1 aliphatic heterocycles. The second-order valence-corrected chi connectivity index (χ2v) is 6.56. The molecule has 0 atom stereocenters. The van der Waals surface area contributed by atoms with E-state index in [1.54, 1.807) is 7.05 Å². The van der Waals surface area contributed by atoms with Gasteiger partial charge in [-0.25, -0.2) is 0 Å². The summed E-state index contributed by atoms with van der Waals surface area (Å²) in [7, 11) is 1.74. The Morgan fingerprint density at radius 1 is 1.15 bits per heavy atom. The van der Waals surface area contributed by atoms with Gasteiger partial charge in [-0.2, -0.15) is 0 Å². The molecule has 0 aliphatic carbocycles. The van der Waals surface area contributed by atoms with E-state index in [-0.39, 0.29) is 29.9 Å². The maximum atomic E-state index is 12.2. The number of nitrogens with zero attached hydrogens (tertiary/aromatic N) is 3. The molecular weight excluding hydrogens is 453 g/mol. The molecule has 0 bridgehead atoms. The van der Waals surface area contributed by atoms with Gasteiger partial charge in [0.25, 0.3) is 0 Å². The number of carbonyl (C=O) groups excluding carboxylic acids is 1. The summed E-state index contributed by atoms with van der Waals surface area (Å²) in [5, 5.41) is 6.43. The molecule has 1 amide bonds. The zero-order valence-corrected chi connectivity index (χ0v) is 18.9. The zero-order chi connectivity index (χ0) is 18.6. The van der Waals surface area contributed by atoms with Crippen LogP contribution in [-0.4, -0.2) is 63.1 Å². The normalized spacial score (nSPS) is 14.3. The van der Waals surface area contributed by atoms with Crippen LogP contribution in [0.25, 0.3) is 0 Å². The molecule has 1 heterocycles. The average Bonchev–Trinajstić information content (AvgIpc) is 2.71. The van der Waals surface area contributed by atoms with Gasteiger partial charge in [0, 0.05) is 45.5 Å². The smallest absolute Gasteiger partial charge is 0.241 e. The highest BCUT2D eigenvalue weighted by Crippen LogP contribution is 2.12. The van der Waals surface area contributed by atoms with Crippen LogP contribution in [0.1, 0.15) is 32.6 Å². The molecule has 1 aromatic carbocycles. The van der Waals surface area contributed by atoms with Crippen LogP contribution in [0, 0.1) is 0 Å². The van der Waals surface area contributed by atoms with Gasteiger partial charge >= 0.3 is 0 Å². The van der Waals surface area contributed by atoms with Crippen LogP contribution in [0.15, 0.2) is 35.3 Å². The van der Waals surface area contributed by atoms with E-state index in [1.165, 1.54) is 12.1 Å². The molecule has 0 unspecified atom stereocenters. The van der Waals surface area contributed by atoms with Gasteiger partial charge in [-0.05, 0) is 44.7 Å². The lowest BCUT2D eigenvalue weighted by Gasteiger charge is -2.27. The summed E-state index contributed by atoms with van der Waals surface area (Å²) < 4.78 is 0. The molecule has 0 radical (unpaired) electrons. The molecule has 1 aromatic rings. The SMILES string of the molecule is CCN(CCCNC(=NC)NCC(=O)N1CCCCC1)c1ccccc1.I. The Labute approximate surface area is 180 Å². The highest BCUT2D eigenvalue weighted by atomic mass is 127. The molecule has 0 aromatic heterocycles. The topological polar surface area (TPSA) is 60.0 Å². The predicted molar refractivity (Wildman–Crippen MR) is 124 cm³/mol. The molecular formula is C20H34IN5O. The molecule has 1 aliphatic rings. The Morgan fingerprint density at radius 3 is 2.48 bits per heavy atom. The number of nitrogens with one attached hydrogen (secondary N) is 2. The average molecular weight is 487 g/mol. The minimum absolute atomic E-state index is 0. The summed E-state index contributed by atoms with van der Waals surface area (Å²) in [4.78, 5) is 20.7. The van der Waals surface area contributed by atoms with Gasteiger partial charge in [0.2, 0.25) is 5.91 Å². The lowest BCUT2D eigenvalue weighted by atomic mass is 10.1. The standard InChI is InChI=1S/C20H33N5O.HI/c1-3-24(18-11-6-4-7-12-18)16-10-13-22-20(21-2)23-17-19(26)25-14-8-5-9-15-25;/h4,6-7,11-12H,3,5,8-10,13-17H2,1-2H3,(H2,21,22,23);1H. The number of benzene rings is 1. The third-order valence-electron chi connectivity index (χ3n) is 4.74. The number of anilines is 1. The Kier molecular flexibility index (Phi) is 11.9. The van der Waals surface area contributed by atoms with Crippen molar-refractivity contribution in [3.05, 3.63) is 30.3 Å². The first-order valence-corrected chi connectivity index (χ1v) is 9.77. The first kappa shape index (κ1) is 23.5. The summed E-state index contributed by atoms with van der Waals surface area (Å²) >= 11 is 0. The quantitative estimate of drug-likeness (QED) is 0.256. The number of amides is 1. The number of hydrogen-bond acceptors (Lipinski definition) is 3. The molecule has 6 nitrogen and oxygen atoms in total. The van der Waals surface area contributed by atoms with E-state index >= 15 is 0 Å². The Morgan fingerprint density at radius 2 is 1.85 bits per heavy atom. The van der Waals surface area contributed by atoms with Gasteiger partial charge in [0.1, 0.15) is 0 Å². The third-order valence-corrected chi connectivity index (χ3v) is 4.74. The Balaban J connectivity index is 0.00000364. The lowest BCUT2D eigenvalue weighted by molar-refractivity contribution is -0.130. The summed E-state index contributed by atoms with van der Waals surface area (Å²) in [5.41, 5.74) is 1.25. The molecule has 0 spiro atoms. The molecule has 2 N–H and O–H groups in total. The van der Waals surface area contributed by atoms with Crippen molar-refractivity contribution >= 4 is 41.5 Å². The number of hydrogen-bond donors (Lipinski definition) is 2. The van der Waals surface area contributed by atoms with Crippen molar-refractivity contribution < 1.29 is 4.79 Å². The van der Waals surface area contributed by atoms with Crippen molar-refractivity contribution in [2.45, 2.75) is 32.6 Å². The molecule has 1 fully saturated rings. The van der Waals surface area contributed by atoms with Gasteiger partial charge in [0.05, 0.1) is 6.54 Å². The monoisotopic (exact) mass is 487 g/mol. The summed E-state index contributed by atoms with van der Waals surface area (Å²) in [5.74, 6) is 0.854. The van der Waals surface area contributed by atoms with Crippen LogP contribution in [0.5, 0.6) is 0 Å². The summed E-state index contributed by atoms with van der Waals surface area (Å²) in [6.07, 6.45) is 4.48. The van der Waals surface area contributed by atoms with Gasteiger partial charge in [-0.1, -0.05) is 18.2 Å². The van der Waals surface area contributed by atoms with Crippen LogP contribution < -0.4 is 15.5 Å². The maximum absolute atomic E-state index is 12.2. The fraction of sp³-hybridized carbons (Fsp3) is 0.600. The number of likely N-dealkylation sites (tertiary alicyclic amines) is 1. The van der Waals surface area contributed by atoms with E-state index in [9.17, 15) is 4.79 Å². The van der Waals surface area contributed by atoms with E-state index < -0.39 is 0 Å². The van der Waals surface area contributed by atoms with Gasteiger partial charge in [-0.3, -0.25) is 9.79 Å². The summed E-state index contributed by atoms with van der Waals surface area (Å²) in [6, 6.07) is 10.5. The molecule has 2 rings (SSSR count). The van der Waals surface area contributed by atoms with E-state index in [1.807, 2.05) is 11.0 Å². The van der Waals surface area contributed by atoms with E-state index in [0.29, 0.717) is 12.5 Å². The molecule has 152 valence electrons. The highest BCUT2D eigenvalue weighted by Gasteiger charge is 2.16.